The minimum atomic E-state index is -3.65. The summed E-state index contributed by atoms with van der Waals surface area (Å²) in [4.78, 5) is 11.6. The summed E-state index contributed by atoms with van der Waals surface area (Å²) >= 11 is 0. The quantitative estimate of drug-likeness (QED) is 0.839. The summed E-state index contributed by atoms with van der Waals surface area (Å²) in [6.07, 6.45) is 1.80. The molecule has 2 aromatic carbocycles. The smallest absolute Gasteiger partial charge is 0.243 e. The van der Waals surface area contributed by atoms with Crippen LogP contribution in [0.1, 0.15) is 26.2 Å². The molecule has 140 valence electrons. The van der Waals surface area contributed by atoms with E-state index in [4.69, 9.17) is 10.5 Å². The highest BCUT2D eigenvalue weighted by atomic mass is 32.2. The van der Waals surface area contributed by atoms with Crippen molar-refractivity contribution in [1.29, 1.82) is 0 Å². The zero-order valence-corrected chi connectivity index (χ0v) is 15.7. The number of amides is 1. The van der Waals surface area contributed by atoms with Gasteiger partial charge in [-0.2, -0.15) is 4.31 Å². The summed E-state index contributed by atoms with van der Waals surface area (Å²) in [6.45, 7) is 3.21. The molecule has 0 unspecified atom stereocenters. The largest absolute Gasteiger partial charge is 0.493 e. The summed E-state index contributed by atoms with van der Waals surface area (Å²) in [7, 11) is -3.65. The van der Waals surface area contributed by atoms with Gasteiger partial charge in [-0.25, -0.2) is 8.42 Å². The maximum atomic E-state index is 13.2. The molecule has 1 fully saturated rings. The van der Waals surface area contributed by atoms with E-state index in [-0.39, 0.29) is 16.7 Å². The first-order valence-electron chi connectivity index (χ1n) is 8.89. The Morgan fingerprint density at radius 3 is 2.42 bits per heavy atom. The fraction of sp³-hybridized carbons (Fsp3) is 0.421. The van der Waals surface area contributed by atoms with Gasteiger partial charge in [0.05, 0.1) is 11.5 Å². The highest BCUT2D eigenvalue weighted by Crippen LogP contribution is 2.33. The topological polar surface area (TPSA) is 89.7 Å². The monoisotopic (exact) mass is 376 g/mol. The maximum Gasteiger partial charge on any atom is 0.243 e. The summed E-state index contributed by atoms with van der Waals surface area (Å²) in [5.41, 5.74) is 5.34. The lowest BCUT2D eigenvalue weighted by atomic mass is 9.98. The lowest BCUT2D eigenvalue weighted by Gasteiger charge is -2.30. The van der Waals surface area contributed by atoms with Gasteiger partial charge in [0.25, 0.3) is 0 Å². The van der Waals surface area contributed by atoms with Crippen LogP contribution < -0.4 is 10.5 Å². The van der Waals surface area contributed by atoms with E-state index in [1.165, 1.54) is 4.31 Å². The number of primary amides is 1. The van der Waals surface area contributed by atoms with Crippen LogP contribution in [0.25, 0.3) is 10.8 Å². The first kappa shape index (κ1) is 18.7. The zero-order valence-electron chi connectivity index (χ0n) is 14.8. The molecule has 6 nitrogen and oxygen atoms in total. The molecule has 1 aliphatic heterocycles. The summed E-state index contributed by atoms with van der Waals surface area (Å²) in [5.74, 6) is 0.0850. The Morgan fingerprint density at radius 2 is 1.81 bits per heavy atom. The normalized spacial score (nSPS) is 16.7. The number of benzene rings is 2. The second kappa shape index (κ2) is 7.63. The fourth-order valence-electron chi connectivity index (χ4n) is 3.33. The van der Waals surface area contributed by atoms with Crippen molar-refractivity contribution in [1.82, 2.24) is 4.31 Å². The van der Waals surface area contributed by atoms with Gasteiger partial charge in [0.1, 0.15) is 5.75 Å². The molecule has 0 spiro atoms. The minimum absolute atomic E-state index is 0.247. The minimum Gasteiger partial charge on any atom is -0.493 e. The van der Waals surface area contributed by atoms with Crippen LogP contribution in [-0.2, 0) is 14.8 Å². The zero-order chi connectivity index (χ0) is 18.7. The van der Waals surface area contributed by atoms with E-state index in [0.29, 0.717) is 43.7 Å². The molecule has 0 saturated carbocycles. The van der Waals surface area contributed by atoms with E-state index in [9.17, 15) is 13.2 Å². The number of nitrogens with zero attached hydrogens (tertiary/aromatic N) is 1. The number of carbonyl (C=O) groups is 1. The molecule has 0 atom stereocenters. The number of hydrogen-bond acceptors (Lipinski definition) is 4. The molecule has 0 radical (unpaired) electrons. The Balaban J connectivity index is 1.96. The number of carbonyl (C=O) groups excluding carboxylic acids is 1. The summed E-state index contributed by atoms with van der Waals surface area (Å²) in [5, 5.41) is 1.44. The lowest BCUT2D eigenvalue weighted by molar-refractivity contribution is -0.122. The molecule has 1 heterocycles. The first-order valence-corrected chi connectivity index (χ1v) is 10.3. The number of sulfonamides is 1. The molecule has 0 aromatic heterocycles. The SMILES string of the molecule is CCCOc1ccc(S(=O)(=O)N2CCC(C(N)=O)CC2)c2ccccc12. The summed E-state index contributed by atoms with van der Waals surface area (Å²) < 4.78 is 33.6. The molecular formula is C19H24N2O4S. The highest BCUT2D eigenvalue weighted by molar-refractivity contribution is 7.89. The number of rotatable bonds is 6. The van der Waals surface area contributed by atoms with E-state index in [2.05, 4.69) is 0 Å². The van der Waals surface area contributed by atoms with Gasteiger partial charge in [-0.15, -0.1) is 0 Å². The van der Waals surface area contributed by atoms with Gasteiger partial charge in [0.15, 0.2) is 0 Å². The molecule has 2 N–H and O–H groups in total. The Labute approximate surface area is 154 Å². The van der Waals surface area contributed by atoms with E-state index in [0.717, 1.165) is 11.8 Å². The highest BCUT2D eigenvalue weighted by Gasteiger charge is 2.32. The Bertz CT molecular complexity index is 903. The standard InChI is InChI=1S/C19H24N2O4S/c1-2-13-25-17-7-8-18(16-6-4-3-5-15(16)17)26(23,24)21-11-9-14(10-12-21)19(20)22/h3-8,14H,2,9-13H2,1H3,(H2,20,22). The van der Waals surface area contributed by atoms with Gasteiger partial charge in [-0.1, -0.05) is 31.2 Å². The average molecular weight is 376 g/mol. The Morgan fingerprint density at radius 1 is 1.15 bits per heavy atom. The Kier molecular flexibility index (Phi) is 5.48. The van der Waals surface area contributed by atoms with E-state index in [1.807, 2.05) is 25.1 Å². The predicted octanol–water partition coefficient (Wildman–Crippen LogP) is 2.51. The molecule has 1 aliphatic rings. The maximum absolute atomic E-state index is 13.2. The van der Waals surface area contributed by atoms with E-state index in [1.54, 1.807) is 18.2 Å². The molecule has 0 aliphatic carbocycles. The Hall–Kier alpha value is -2.12. The third kappa shape index (κ3) is 3.54. The number of piperidine rings is 1. The van der Waals surface area contributed by atoms with Crippen molar-refractivity contribution in [2.45, 2.75) is 31.1 Å². The molecule has 2 aromatic rings. The molecule has 1 amide bonds. The van der Waals surface area contributed by atoms with Crippen molar-refractivity contribution in [2.75, 3.05) is 19.7 Å². The molecule has 26 heavy (non-hydrogen) atoms. The third-order valence-corrected chi connectivity index (χ3v) is 6.74. The van der Waals surface area contributed by atoms with Crippen LogP contribution in [0.5, 0.6) is 5.75 Å². The molecule has 3 rings (SSSR count). The van der Waals surface area contributed by atoms with E-state index < -0.39 is 10.0 Å². The van der Waals surface area contributed by atoms with Crippen LogP contribution in [0.3, 0.4) is 0 Å². The van der Waals surface area contributed by atoms with Crippen molar-refractivity contribution >= 4 is 26.7 Å². The van der Waals surface area contributed by atoms with Crippen molar-refractivity contribution < 1.29 is 17.9 Å². The van der Waals surface area contributed by atoms with Gasteiger partial charge < -0.3 is 10.5 Å². The van der Waals surface area contributed by atoms with Gasteiger partial charge in [0.2, 0.25) is 15.9 Å². The van der Waals surface area contributed by atoms with Gasteiger partial charge >= 0.3 is 0 Å². The summed E-state index contributed by atoms with van der Waals surface area (Å²) in [6, 6.07) is 10.7. The molecular weight excluding hydrogens is 352 g/mol. The molecule has 1 saturated heterocycles. The first-order chi connectivity index (χ1) is 12.4. The lowest BCUT2D eigenvalue weighted by Crippen LogP contribution is -2.41. The van der Waals surface area contributed by atoms with Gasteiger partial charge in [-0.3, -0.25) is 4.79 Å². The molecule has 7 heteroatoms. The van der Waals surface area contributed by atoms with Crippen LogP contribution in [0.4, 0.5) is 0 Å². The fourth-order valence-corrected chi connectivity index (χ4v) is 4.99. The van der Waals surface area contributed by atoms with Crippen molar-refractivity contribution in [2.24, 2.45) is 11.7 Å². The average Bonchev–Trinajstić information content (AvgIpc) is 2.66. The van der Waals surface area contributed by atoms with Crippen LogP contribution >= 0.6 is 0 Å². The predicted molar refractivity (Wildman–Crippen MR) is 100 cm³/mol. The number of ether oxygens (including phenoxy) is 1. The van der Waals surface area contributed by atoms with Gasteiger partial charge in [0, 0.05) is 29.8 Å². The second-order valence-corrected chi connectivity index (χ2v) is 8.44. The van der Waals surface area contributed by atoms with E-state index >= 15 is 0 Å². The van der Waals surface area contributed by atoms with Gasteiger partial charge in [-0.05, 0) is 31.4 Å². The number of hydrogen-bond donors (Lipinski definition) is 1. The van der Waals surface area contributed by atoms with Crippen LogP contribution in [0, 0.1) is 5.92 Å². The van der Waals surface area contributed by atoms with Crippen LogP contribution in [-0.4, -0.2) is 38.3 Å². The van der Waals surface area contributed by atoms with Crippen LogP contribution in [0.2, 0.25) is 0 Å². The molecule has 0 bridgehead atoms. The number of nitrogens with two attached hydrogens (primary N) is 1. The van der Waals surface area contributed by atoms with Crippen LogP contribution in [0.15, 0.2) is 41.3 Å². The van der Waals surface area contributed by atoms with Crippen molar-refractivity contribution in [3.63, 3.8) is 0 Å². The number of fused-ring (bicyclic) bond motifs is 1. The van der Waals surface area contributed by atoms with Crippen molar-refractivity contribution in [3.05, 3.63) is 36.4 Å². The third-order valence-electron chi connectivity index (χ3n) is 4.78. The second-order valence-electron chi connectivity index (χ2n) is 6.54. The van der Waals surface area contributed by atoms with Crippen molar-refractivity contribution in [3.8, 4) is 5.75 Å².